The van der Waals surface area contributed by atoms with Crippen LogP contribution in [0.2, 0.25) is 0 Å². The van der Waals surface area contributed by atoms with Crippen molar-refractivity contribution >= 4 is 16.8 Å². The molecule has 0 aliphatic carbocycles. The fourth-order valence-electron chi connectivity index (χ4n) is 3.26. The number of hydrogen-bond acceptors (Lipinski definition) is 2. The van der Waals surface area contributed by atoms with Crippen molar-refractivity contribution in [2.45, 2.75) is 26.2 Å². The lowest BCUT2D eigenvalue weighted by Crippen LogP contribution is -2.29. The molecule has 0 aliphatic rings. The normalized spacial score (nSPS) is 12.4. The fraction of sp³-hybridized carbons (Fsp3) is 0.348. The molecule has 2 aromatic carbocycles. The van der Waals surface area contributed by atoms with Crippen LogP contribution in [0.25, 0.3) is 10.9 Å². The number of aromatic nitrogens is 1. The number of carbonyl (C=O) groups is 1. The van der Waals surface area contributed by atoms with Crippen molar-refractivity contribution in [2.75, 3.05) is 19.8 Å². The number of H-pyrrole nitrogens is 1. The van der Waals surface area contributed by atoms with Gasteiger partial charge in [0.05, 0.1) is 6.61 Å². The zero-order valence-corrected chi connectivity index (χ0v) is 16.1. The van der Waals surface area contributed by atoms with Crippen molar-refractivity contribution in [2.24, 2.45) is 5.92 Å². The number of carbonyl (C=O) groups excluding carboxylic acids is 1. The Kier molecular flexibility index (Phi) is 6.66. The second-order valence-corrected chi connectivity index (χ2v) is 7.28. The van der Waals surface area contributed by atoms with Crippen LogP contribution in [0.15, 0.2) is 60.8 Å². The molecule has 0 bridgehead atoms. The molecule has 2 N–H and O–H groups in total. The van der Waals surface area contributed by atoms with Gasteiger partial charge in [-0.3, -0.25) is 4.79 Å². The monoisotopic (exact) mass is 364 g/mol. The first-order chi connectivity index (χ1) is 13.1. The van der Waals surface area contributed by atoms with Gasteiger partial charge in [-0.1, -0.05) is 62.4 Å². The van der Waals surface area contributed by atoms with E-state index >= 15 is 0 Å². The summed E-state index contributed by atoms with van der Waals surface area (Å²) in [5.41, 5.74) is 3.51. The Balaban J connectivity index is 1.70. The number of hydrogen-bond donors (Lipinski definition) is 2. The second kappa shape index (κ2) is 9.38. The van der Waals surface area contributed by atoms with E-state index in [-0.39, 0.29) is 11.8 Å². The molecule has 0 fully saturated rings. The number of para-hydroxylation sites is 1. The van der Waals surface area contributed by atoms with Crippen molar-refractivity contribution in [3.8, 4) is 0 Å². The Morgan fingerprint density at radius 3 is 2.59 bits per heavy atom. The molecule has 0 saturated carbocycles. The van der Waals surface area contributed by atoms with Crippen LogP contribution in [0, 0.1) is 5.92 Å². The lowest BCUT2D eigenvalue weighted by Gasteiger charge is -2.18. The van der Waals surface area contributed by atoms with Crippen LogP contribution in [-0.4, -0.2) is 30.6 Å². The van der Waals surface area contributed by atoms with E-state index < -0.39 is 0 Å². The Hall–Kier alpha value is -2.59. The van der Waals surface area contributed by atoms with Crippen molar-refractivity contribution in [1.82, 2.24) is 10.3 Å². The summed E-state index contributed by atoms with van der Waals surface area (Å²) in [6.45, 7) is 5.93. The molecule has 1 amide bonds. The van der Waals surface area contributed by atoms with Gasteiger partial charge in [0.25, 0.3) is 0 Å². The molecular weight excluding hydrogens is 336 g/mol. The fourth-order valence-corrected chi connectivity index (χ4v) is 3.26. The maximum atomic E-state index is 12.3. The molecule has 3 rings (SSSR count). The number of fused-ring (bicyclic) bond motifs is 1. The highest BCUT2D eigenvalue weighted by molar-refractivity contribution is 5.84. The SMILES string of the molecule is CC(C)COCCC(=O)NCC(c1ccccc1)c1c[nH]c2ccccc12. The summed E-state index contributed by atoms with van der Waals surface area (Å²) in [4.78, 5) is 15.6. The number of benzene rings is 2. The molecular formula is C23H28N2O2. The van der Waals surface area contributed by atoms with Crippen molar-refractivity contribution in [3.05, 3.63) is 71.9 Å². The molecule has 1 unspecified atom stereocenters. The predicted molar refractivity (Wildman–Crippen MR) is 110 cm³/mol. The van der Waals surface area contributed by atoms with Gasteiger partial charge in [0.2, 0.25) is 5.91 Å². The summed E-state index contributed by atoms with van der Waals surface area (Å²) in [6, 6.07) is 18.6. The van der Waals surface area contributed by atoms with Gasteiger partial charge in [0, 0.05) is 42.6 Å². The highest BCUT2D eigenvalue weighted by Crippen LogP contribution is 2.30. The Bertz CT molecular complexity index is 855. The third kappa shape index (κ3) is 5.20. The quantitative estimate of drug-likeness (QED) is 0.550. The number of nitrogens with one attached hydrogen (secondary N) is 2. The minimum Gasteiger partial charge on any atom is -0.381 e. The molecule has 1 aromatic heterocycles. The Morgan fingerprint density at radius 1 is 1.07 bits per heavy atom. The molecule has 0 aliphatic heterocycles. The number of amides is 1. The third-order valence-corrected chi connectivity index (χ3v) is 4.63. The van der Waals surface area contributed by atoms with E-state index in [2.05, 4.69) is 54.6 Å². The maximum Gasteiger partial charge on any atom is 0.222 e. The van der Waals surface area contributed by atoms with Crippen LogP contribution in [-0.2, 0) is 9.53 Å². The third-order valence-electron chi connectivity index (χ3n) is 4.63. The van der Waals surface area contributed by atoms with E-state index in [0.29, 0.717) is 32.1 Å². The Labute approximate surface area is 160 Å². The van der Waals surface area contributed by atoms with E-state index in [9.17, 15) is 4.79 Å². The molecule has 4 heteroatoms. The number of aromatic amines is 1. The van der Waals surface area contributed by atoms with Gasteiger partial charge in [0.15, 0.2) is 0 Å². The van der Waals surface area contributed by atoms with Crippen molar-refractivity contribution < 1.29 is 9.53 Å². The van der Waals surface area contributed by atoms with E-state index in [1.807, 2.05) is 30.3 Å². The van der Waals surface area contributed by atoms with Crippen LogP contribution in [0.1, 0.15) is 37.3 Å². The van der Waals surface area contributed by atoms with Crippen LogP contribution in [0.5, 0.6) is 0 Å². The van der Waals surface area contributed by atoms with E-state index in [1.54, 1.807) is 0 Å². The summed E-state index contributed by atoms with van der Waals surface area (Å²) in [5, 5.41) is 4.28. The largest absolute Gasteiger partial charge is 0.381 e. The maximum absolute atomic E-state index is 12.3. The van der Waals surface area contributed by atoms with E-state index in [1.165, 1.54) is 16.5 Å². The summed E-state index contributed by atoms with van der Waals surface area (Å²) in [6.07, 6.45) is 2.45. The highest BCUT2D eigenvalue weighted by atomic mass is 16.5. The summed E-state index contributed by atoms with van der Waals surface area (Å²) < 4.78 is 5.52. The average Bonchev–Trinajstić information content (AvgIpc) is 3.10. The topological polar surface area (TPSA) is 54.1 Å². The van der Waals surface area contributed by atoms with E-state index in [4.69, 9.17) is 4.74 Å². The Morgan fingerprint density at radius 2 is 1.81 bits per heavy atom. The summed E-state index contributed by atoms with van der Waals surface area (Å²) >= 11 is 0. The van der Waals surface area contributed by atoms with Gasteiger partial charge in [-0.2, -0.15) is 0 Å². The molecule has 142 valence electrons. The van der Waals surface area contributed by atoms with Crippen molar-refractivity contribution in [3.63, 3.8) is 0 Å². The molecule has 27 heavy (non-hydrogen) atoms. The molecule has 0 radical (unpaired) electrons. The van der Waals surface area contributed by atoms with Gasteiger partial charge in [0.1, 0.15) is 0 Å². The van der Waals surface area contributed by atoms with Crippen LogP contribution < -0.4 is 5.32 Å². The smallest absolute Gasteiger partial charge is 0.222 e. The standard InChI is InChI=1S/C23H28N2O2/c1-17(2)16-27-13-12-23(26)25-14-20(18-8-4-3-5-9-18)21-15-24-22-11-7-6-10-19(21)22/h3-11,15,17,20,24H,12-14,16H2,1-2H3,(H,25,26). The van der Waals surface area contributed by atoms with Crippen molar-refractivity contribution in [1.29, 1.82) is 0 Å². The van der Waals surface area contributed by atoms with E-state index in [0.717, 1.165) is 5.52 Å². The van der Waals surface area contributed by atoms with Crippen LogP contribution >= 0.6 is 0 Å². The first-order valence-electron chi connectivity index (χ1n) is 9.60. The molecule has 3 aromatic rings. The molecule has 1 atom stereocenters. The van der Waals surface area contributed by atoms with Gasteiger partial charge >= 0.3 is 0 Å². The van der Waals surface area contributed by atoms with Gasteiger partial charge in [-0.05, 0) is 23.1 Å². The molecule has 0 saturated heterocycles. The lowest BCUT2D eigenvalue weighted by atomic mass is 9.91. The predicted octanol–water partition coefficient (Wildman–Crippen LogP) is 4.48. The first kappa shape index (κ1) is 19.2. The summed E-state index contributed by atoms with van der Waals surface area (Å²) in [7, 11) is 0. The lowest BCUT2D eigenvalue weighted by molar-refractivity contribution is -0.122. The van der Waals surface area contributed by atoms with Crippen LogP contribution in [0.3, 0.4) is 0 Å². The molecule has 1 heterocycles. The minimum absolute atomic E-state index is 0.0273. The number of rotatable bonds is 9. The molecule has 4 nitrogen and oxygen atoms in total. The van der Waals surface area contributed by atoms with Crippen LogP contribution in [0.4, 0.5) is 0 Å². The number of ether oxygens (including phenoxy) is 1. The highest BCUT2D eigenvalue weighted by Gasteiger charge is 2.18. The van der Waals surface area contributed by atoms with Gasteiger partial charge in [-0.25, -0.2) is 0 Å². The minimum atomic E-state index is 0.0273. The second-order valence-electron chi connectivity index (χ2n) is 7.28. The van der Waals surface area contributed by atoms with Gasteiger partial charge in [-0.15, -0.1) is 0 Å². The zero-order chi connectivity index (χ0) is 19.1. The zero-order valence-electron chi connectivity index (χ0n) is 16.1. The summed E-state index contributed by atoms with van der Waals surface area (Å²) in [5.74, 6) is 0.611. The first-order valence-corrected chi connectivity index (χ1v) is 9.60. The molecule has 0 spiro atoms. The van der Waals surface area contributed by atoms with Gasteiger partial charge < -0.3 is 15.0 Å². The average molecular weight is 364 g/mol.